The highest BCUT2D eigenvalue weighted by molar-refractivity contribution is 6.31. The summed E-state index contributed by atoms with van der Waals surface area (Å²) in [7, 11) is 2.12. The molecule has 24 heavy (non-hydrogen) atoms. The molecular weight excluding hydrogens is 327 g/mol. The quantitative estimate of drug-likeness (QED) is 0.787. The van der Waals surface area contributed by atoms with E-state index in [4.69, 9.17) is 16.6 Å². The van der Waals surface area contributed by atoms with Crippen molar-refractivity contribution in [2.75, 3.05) is 38.5 Å². The van der Waals surface area contributed by atoms with Crippen LogP contribution in [0.4, 0.5) is 21.5 Å². The van der Waals surface area contributed by atoms with Crippen LogP contribution in [0.3, 0.4) is 0 Å². The number of aliphatic imine (C=N–C) groups is 1. The molecule has 0 bridgehead atoms. The van der Waals surface area contributed by atoms with Gasteiger partial charge in [-0.05, 0) is 25.2 Å². The molecule has 0 radical (unpaired) electrons. The Hall–Kier alpha value is -2.11. The number of benzene rings is 2. The number of fused-ring (bicyclic) bond motifs is 2. The first-order valence-corrected chi connectivity index (χ1v) is 8.37. The van der Waals surface area contributed by atoms with Crippen LogP contribution in [0.15, 0.2) is 41.4 Å². The SMILES string of the molecule is CN1CCN(C2=Nc3cc(Cl)c(F)cc3Nc3ccccc32)CC1. The van der Waals surface area contributed by atoms with E-state index in [2.05, 4.69) is 22.2 Å². The average Bonchev–Trinajstić information content (AvgIpc) is 2.73. The first-order chi connectivity index (χ1) is 11.6. The Kier molecular flexibility index (Phi) is 3.90. The first kappa shape index (κ1) is 15.4. The Bertz CT molecular complexity index is 813. The fourth-order valence-corrected chi connectivity index (χ4v) is 3.25. The number of para-hydroxylation sites is 1. The van der Waals surface area contributed by atoms with Gasteiger partial charge in [0.2, 0.25) is 0 Å². The standard InChI is InChI=1S/C18H18ClFN4/c1-23-6-8-24(9-7-23)18-12-4-2-3-5-15(12)21-17-11-14(20)13(19)10-16(17)22-18/h2-5,10-11,21H,6-9H2,1H3. The summed E-state index contributed by atoms with van der Waals surface area (Å²) in [4.78, 5) is 9.43. The van der Waals surface area contributed by atoms with Crippen molar-refractivity contribution in [2.24, 2.45) is 4.99 Å². The largest absolute Gasteiger partial charge is 0.353 e. The summed E-state index contributed by atoms with van der Waals surface area (Å²) in [5.41, 5.74) is 3.24. The Morgan fingerprint density at radius 1 is 1.08 bits per heavy atom. The average molecular weight is 345 g/mol. The monoisotopic (exact) mass is 344 g/mol. The Balaban J connectivity index is 1.85. The minimum atomic E-state index is -0.446. The zero-order valence-corrected chi connectivity index (χ0v) is 14.1. The maximum absolute atomic E-state index is 13.9. The molecular formula is C18H18ClFN4. The Labute approximate surface area is 145 Å². The van der Waals surface area contributed by atoms with Crippen molar-refractivity contribution in [3.63, 3.8) is 0 Å². The lowest BCUT2D eigenvalue weighted by Gasteiger charge is -2.34. The summed E-state index contributed by atoms with van der Waals surface area (Å²) in [5, 5.41) is 3.38. The highest BCUT2D eigenvalue weighted by Crippen LogP contribution is 2.37. The molecule has 2 aliphatic heterocycles. The maximum Gasteiger partial charge on any atom is 0.144 e. The maximum atomic E-state index is 13.9. The van der Waals surface area contributed by atoms with Crippen LogP contribution in [0.2, 0.25) is 5.02 Å². The van der Waals surface area contributed by atoms with Crippen molar-refractivity contribution < 1.29 is 4.39 Å². The van der Waals surface area contributed by atoms with Crippen molar-refractivity contribution in [1.29, 1.82) is 0 Å². The van der Waals surface area contributed by atoms with Gasteiger partial charge in [-0.15, -0.1) is 0 Å². The molecule has 0 saturated carbocycles. The fourth-order valence-electron chi connectivity index (χ4n) is 3.09. The van der Waals surface area contributed by atoms with E-state index in [1.165, 1.54) is 6.07 Å². The topological polar surface area (TPSA) is 30.9 Å². The summed E-state index contributed by atoms with van der Waals surface area (Å²) in [6.07, 6.45) is 0. The van der Waals surface area contributed by atoms with Crippen molar-refractivity contribution in [1.82, 2.24) is 9.80 Å². The molecule has 4 nitrogen and oxygen atoms in total. The van der Waals surface area contributed by atoms with Gasteiger partial charge in [0, 0.05) is 43.5 Å². The molecule has 0 atom stereocenters. The van der Waals surface area contributed by atoms with Gasteiger partial charge in [-0.25, -0.2) is 9.38 Å². The van der Waals surface area contributed by atoms with Crippen LogP contribution < -0.4 is 5.32 Å². The second-order valence-electron chi connectivity index (χ2n) is 6.18. The van der Waals surface area contributed by atoms with Crippen LogP contribution in [0.25, 0.3) is 0 Å². The Morgan fingerprint density at radius 3 is 2.62 bits per heavy atom. The van der Waals surface area contributed by atoms with Crippen LogP contribution in [-0.2, 0) is 0 Å². The third-order valence-corrected chi connectivity index (χ3v) is 4.79. The van der Waals surface area contributed by atoms with Gasteiger partial charge in [-0.1, -0.05) is 23.7 Å². The third kappa shape index (κ3) is 2.74. The van der Waals surface area contributed by atoms with Gasteiger partial charge in [0.1, 0.15) is 11.7 Å². The molecule has 0 spiro atoms. The van der Waals surface area contributed by atoms with Crippen LogP contribution in [0.5, 0.6) is 0 Å². The zero-order valence-electron chi connectivity index (χ0n) is 13.4. The number of likely N-dealkylation sites (N-methyl/N-ethyl adjacent to an activating group) is 1. The summed E-state index contributed by atoms with van der Waals surface area (Å²) < 4.78 is 13.9. The lowest BCUT2D eigenvalue weighted by molar-refractivity contribution is 0.216. The van der Waals surface area contributed by atoms with Crippen molar-refractivity contribution in [2.45, 2.75) is 0 Å². The highest BCUT2D eigenvalue weighted by Gasteiger charge is 2.24. The number of amidine groups is 1. The normalized spacial score (nSPS) is 17.5. The number of nitrogens with zero attached hydrogens (tertiary/aromatic N) is 3. The molecule has 0 unspecified atom stereocenters. The molecule has 4 rings (SSSR count). The molecule has 1 fully saturated rings. The number of piperazine rings is 1. The molecule has 0 amide bonds. The summed E-state index contributed by atoms with van der Waals surface area (Å²) in [5.74, 6) is 0.464. The summed E-state index contributed by atoms with van der Waals surface area (Å²) >= 11 is 5.97. The molecule has 2 heterocycles. The van der Waals surface area contributed by atoms with E-state index in [1.807, 2.05) is 24.3 Å². The molecule has 2 aromatic carbocycles. The fraction of sp³-hybridized carbons (Fsp3) is 0.278. The molecule has 0 aliphatic carbocycles. The molecule has 2 aliphatic rings. The molecule has 1 saturated heterocycles. The van der Waals surface area contributed by atoms with Gasteiger partial charge in [-0.3, -0.25) is 0 Å². The zero-order chi connectivity index (χ0) is 16.7. The number of hydrogen-bond donors (Lipinski definition) is 1. The van der Waals surface area contributed by atoms with Gasteiger partial charge in [0.25, 0.3) is 0 Å². The molecule has 2 aromatic rings. The predicted molar refractivity (Wildman–Crippen MR) is 96.4 cm³/mol. The van der Waals surface area contributed by atoms with E-state index in [-0.39, 0.29) is 5.02 Å². The van der Waals surface area contributed by atoms with E-state index in [9.17, 15) is 4.39 Å². The number of anilines is 2. The van der Waals surface area contributed by atoms with E-state index >= 15 is 0 Å². The van der Waals surface area contributed by atoms with E-state index < -0.39 is 5.82 Å². The smallest absolute Gasteiger partial charge is 0.144 e. The lowest BCUT2D eigenvalue weighted by Crippen LogP contribution is -2.47. The number of rotatable bonds is 0. The number of hydrogen-bond acceptors (Lipinski definition) is 4. The number of nitrogens with one attached hydrogen (secondary N) is 1. The van der Waals surface area contributed by atoms with Gasteiger partial charge in [0.05, 0.1) is 16.4 Å². The van der Waals surface area contributed by atoms with E-state index in [0.717, 1.165) is 43.3 Å². The summed E-state index contributed by atoms with van der Waals surface area (Å²) in [6.45, 7) is 3.80. The van der Waals surface area contributed by atoms with Gasteiger partial charge in [-0.2, -0.15) is 0 Å². The molecule has 0 aromatic heterocycles. The highest BCUT2D eigenvalue weighted by atomic mass is 35.5. The van der Waals surface area contributed by atoms with Crippen molar-refractivity contribution in [3.05, 3.63) is 52.8 Å². The molecule has 124 valence electrons. The minimum Gasteiger partial charge on any atom is -0.353 e. The van der Waals surface area contributed by atoms with E-state index in [0.29, 0.717) is 11.4 Å². The van der Waals surface area contributed by atoms with Gasteiger partial charge >= 0.3 is 0 Å². The molecule has 1 N–H and O–H groups in total. The van der Waals surface area contributed by atoms with Crippen molar-refractivity contribution >= 4 is 34.5 Å². The third-order valence-electron chi connectivity index (χ3n) is 4.51. The Morgan fingerprint density at radius 2 is 1.83 bits per heavy atom. The van der Waals surface area contributed by atoms with Crippen LogP contribution >= 0.6 is 11.6 Å². The first-order valence-electron chi connectivity index (χ1n) is 7.99. The van der Waals surface area contributed by atoms with Crippen LogP contribution in [0.1, 0.15) is 5.56 Å². The second kappa shape index (κ2) is 6.07. The minimum absolute atomic E-state index is 0.0861. The predicted octanol–water partition coefficient (Wildman–Crippen LogP) is 3.86. The summed E-state index contributed by atoms with van der Waals surface area (Å²) in [6, 6.07) is 11.0. The van der Waals surface area contributed by atoms with Crippen LogP contribution in [0, 0.1) is 5.82 Å². The van der Waals surface area contributed by atoms with Crippen LogP contribution in [-0.4, -0.2) is 48.9 Å². The number of halogens is 2. The van der Waals surface area contributed by atoms with Gasteiger partial charge in [0.15, 0.2) is 0 Å². The van der Waals surface area contributed by atoms with Crippen molar-refractivity contribution in [3.8, 4) is 0 Å². The van der Waals surface area contributed by atoms with E-state index in [1.54, 1.807) is 6.07 Å². The lowest BCUT2D eigenvalue weighted by atomic mass is 10.1. The van der Waals surface area contributed by atoms with Gasteiger partial charge < -0.3 is 15.1 Å². The molecule has 6 heteroatoms. The second-order valence-corrected chi connectivity index (χ2v) is 6.59.